The number of aliphatic imine (C=N–C) groups is 1. The predicted octanol–water partition coefficient (Wildman–Crippen LogP) is 3.09. The molecule has 1 aliphatic rings. The molecule has 0 atom stereocenters. The van der Waals surface area contributed by atoms with Gasteiger partial charge in [-0.3, -0.25) is 14.7 Å². The van der Waals surface area contributed by atoms with E-state index in [1.165, 1.54) is 23.8 Å². The van der Waals surface area contributed by atoms with Gasteiger partial charge in [0.25, 0.3) is 5.91 Å². The van der Waals surface area contributed by atoms with E-state index >= 15 is 0 Å². The van der Waals surface area contributed by atoms with Crippen molar-refractivity contribution in [2.24, 2.45) is 4.99 Å². The fraction of sp³-hybridized carbons (Fsp3) is 0.286. The smallest absolute Gasteiger partial charge is 0.266 e. The summed E-state index contributed by atoms with van der Waals surface area (Å²) in [5.41, 5.74) is 0.756. The van der Waals surface area contributed by atoms with Crippen molar-refractivity contribution in [3.05, 3.63) is 27.1 Å². The first-order valence-corrected chi connectivity index (χ1v) is 7.87. The lowest BCUT2D eigenvalue weighted by molar-refractivity contribution is -0.121. The van der Waals surface area contributed by atoms with Crippen LogP contribution in [0.2, 0.25) is 0 Å². The minimum absolute atomic E-state index is 0.0438. The number of amidine groups is 1. The zero-order valence-corrected chi connectivity index (χ0v) is 14.3. The number of aromatic hydroxyl groups is 1. The van der Waals surface area contributed by atoms with Crippen LogP contribution in [0, 0.1) is 0 Å². The number of rotatable bonds is 3. The monoisotopic (exact) mass is 370 g/mol. The van der Waals surface area contributed by atoms with Crippen LogP contribution in [0.3, 0.4) is 0 Å². The number of hydrogen-bond donors (Lipinski definition) is 1. The number of thioether (sulfide) groups is 1. The molecule has 1 heterocycles. The third-order valence-corrected chi connectivity index (χ3v) is 4.67. The lowest BCUT2D eigenvalue weighted by atomic mass is 10.2. The Morgan fingerprint density at radius 3 is 2.86 bits per heavy atom. The van der Waals surface area contributed by atoms with E-state index in [-0.39, 0.29) is 11.7 Å². The van der Waals surface area contributed by atoms with Crippen LogP contribution in [-0.4, -0.2) is 41.8 Å². The predicted molar refractivity (Wildman–Crippen MR) is 88.7 cm³/mol. The Labute approximate surface area is 135 Å². The van der Waals surface area contributed by atoms with Crippen LogP contribution in [0.1, 0.15) is 12.5 Å². The summed E-state index contributed by atoms with van der Waals surface area (Å²) in [7, 11) is 3.19. The molecular weight excluding hydrogens is 356 g/mol. The first kappa shape index (κ1) is 15.9. The summed E-state index contributed by atoms with van der Waals surface area (Å²) in [6, 6.07) is 3.22. The summed E-state index contributed by atoms with van der Waals surface area (Å²) in [6.45, 7) is 2.55. The summed E-state index contributed by atoms with van der Waals surface area (Å²) in [5, 5.41) is 10.4. The van der Waals surface area contributed by atoms with Crippen molar-refractivity contribution in [2.45, 2.75) is 6.92 Å². The second-order valence-corrected chi connectivity index (χ2v) is 6.14. The van der Waals surface area contributed by atoms with Gasteiger partial charge in [-0.05, 0) is 42.5 Å². The van der Waals surface area contributed by atoms with E-state index in [4.69, 9.17) is 4.74 Å². The van der Waals surface area contributed by atoms with E-state index in [9.17, 15) is 9.90 Å². The molecule has 112 valence electrons. The molecule has 1 aromatic rings. The van der Waals surface area contributed by atoms with Crippen molar-refractivity contribution < 1.29 is 14.6 Å². The molecule has 0 bridgehead atoms. The third kappa shape index (κ3) is 3.24. The molecule has 0 spiro atoms. The van der Waals surface area contributed by atoms with E-state index in [1.807, 2.05) is 6.92 Å². The number of benzene rings is 1. The van der Waals surface area contributed by atoms with Crippen molar-refractivity contribution in [3.8, 4) is 11.5 Å². The molecule has 0 aliphatic carbocycles. The minimum atomic E-state index is -0.0915. The maximum atomic E-state index is 12.2. The Bertz CT molecular complexity index is 643. The summed E-state index contributed by atoms with van der Waals surface area (Å²) in [6.07, 6.45) is 1.76. The normalized spacial score (nSPS) is 18.9. The van der Waals surface area contributed by atoms with Crippen molar-refractivity contribution in [1.29, 1.82) is 0 Å². The van der Waals surface area contributed by atoms with Crippen LogP contribution in [0.15, 0.2) is 26.5 Å². The Morgan fingerprint density at radius 1 is 1.52 bits per heavy atom. The van der Waals surface area contributed by atoms with Crippen LogP contribution in [0.4, 0.5) is 0 Å². The zero-order valence-electron chi connectivity index (χ0n) is 11.9. The molecule has 21 heavy (non-hydrogen) atoms. The van der Waals surface area contributed by atoms with Gasteiger partial charge in [-0.2, -0.15) is 0 Å². The minimum Gasteiger partial charge on any atom is -0.504 e. The maximum absolute atomic E-state index is 12.2. The second-order valence-electron chi connectivity index (χ2n) is 4.28. The van der Waals surface area contributed by atoms with Gasteiger partial charge in [-0.1, -0.05) is 15.9 Å². The lowest BCUT2D eigenvalue weighted by Crippen LogP contribution is -2.24. The molecule has 5 nitrogen and oxygen atoms in total. The highest BCUT2D eigenvalue weighted by Crippen LogP contribution is 2.37. The molecule has 0 saturated carbocycles. The third-order valence-electron chi connectivity index (χ3n) is 2.88. The number of methoxy groups -OCH3 is 1. The number of amides is 1. The summed E-state index contributed by atoms with van der Waals surface area (Å²) in [4.78, 5) is 18.6. The summed E-state index contributed by atoms with van der Waals surface area (Å²) in [5.74, 6) is 0.310. The van der Waals surface area contributed by atoms with E-state index in [2.05, 4.69) is 20.9 Å². The summed E-state index contributed by atoms with van der Waals surface area (Å²) < 4.78 is 5.77. The first-order chi connectivity index (χ1) is 9.97. The SMILES string of the molecule is CC/N=C1/S/C(=C\c2cc(OC)c(O)cc2Br)C(=O)N1C. The average Bonchev–Trinajstić information content (AvgIpc) is 2.70. The topological polar surface area (TPSA) is 62.1 Å². The first-order valence-electron chi connectivity index (χ1n) is 6.26. The van der Waals surface area contributed by atoms with Gasteiger partial charge in [-0.15, -0.1) is 0 Å². The van der Waals surface area contributed by atoms with Gasteiger partial charge < -0.3 is 9.84 Å². The molecule has 1 N–H and O–H groups in total. The van der Waals surface area contributed by atoms with Gasteiger partial charge >= 0.3 is 0 Å². The van der Waals surface area contributed by atoms with Crippen LogP contribution in [0.25, 0.3) is 6.08 Å². The quantitative estimate of drug-likeness (QED) is 0.830. The highest BCUT2D eigenvalue weighted by molar-refractivity contribution is 9.10. The number of likely N-dealkylation sites (N-methyl/N-ethyl adjacent to an activating group) is 1. The van der Waals surface area contributed by atoms with E-state index in [0.29, 0.717) is 26.8 Å². The number of nitrogens with zero attached hydrogens (tertiary/aromatic N) is 2. The van der Waals surface area contributed by atoms with Crippen LogP contribution in [0.5, 0.6) is 11.5 Å². The van der Waals surface area contributed by atoms with Crippen molar-refractivity contribution in [3.63, 3.8) is 0 Å². The molecule has 2 rings (SSSR count). The van der Waals surface area contributed by atoms with Gasteiger partial charge in [0.1, 0.15) is 0 Å². The Balaban J connectivity index is 2.41. The largest absolute Gasteiger partial charge is 0.504 e. The standard InChI is InChI=1S/C14H15BrN2O3S/c1-4-16-14-17(2)13(19)12(21-14)6-8-5-11(20-3)10(18)7-9(8)15/h5-7,18H,4H2,1-3H3/b12-6-,16-14+. The maximum Gasteiger partial charge on any atom is 0.266 e. The van der Waals surface area contributed by atoms with Crippen molar-refractivity contribution >= 4 is 44.8 Å². The molecule has 1 aliphatic heterocycles. The van der Waals surface area contributed by atoms with E-state index < -0.39 is 0 Å². The van der Waals surface area contributed by atoms with Crippen LogP contribution in [-0.2, 0) is 4.79 Å². The number of carbonyl (C=O) groups excluding carboxylic acids is 1. The van der Waals surface area contributed by atoms with Crippen molar-refractivity contribution in [2.75, 3.05) is 20.7 Å². The number of ether oxygens (including phenoxy) is 1. The van der Waals surface area contributed by atoms with E-state index in [1.54, 1.807) is 25.3 Å². The highest BCUT2D eigenvalue weighted by Gasteiger charge is 2.30. The average molecular weight is 371 g/mol. The Kier molecular flexibility index (Phi) is 4.95. The fourth-order valence-electron chi connectivity index (χ4n) is 1.80. The lowest BCUT2D eigenvalue weighted by Gasteiger charge is -2.07. The Hall–Kier alpha value is -1.47. The van der Waals surface area contributed by atoms with Gasteiger partial charge in [0.2, 0.25) is 0 Å². The van der Waals surface area contributed by atoms with Gasteiger partial charge in [-0.25, -0.2) is 0 Å². The number of phenolic OH excluding ortho intramolecular Hbond substituents is 1. The molecule has 0 radical (unpaired) electrons. The van der Waals surface area contributed by atoms with Crippen LogP contribution >= 0.6 is 27.7 Å². The molecule has 1 saturated heterocycles. The molecule has 1 aromatic carbocycles. The molecule has 0 unspecified atom stereocenters. The highest BCUT2D eigenvalue weighted by atomic mass is 79.9. The van der Waals surface area contributed by atoms with Gasteiger partial charge in [0.15, 0.2) is 16.7 Å². The molecule has 1 fully saturated rings. The van der Waals surface area contributed by atoms with Gasteiger partial charge in [0.05, 0.1) is 12.0 Å². The number of halogens is 1. The van der Waals surface area contributed by atoms with Gasteiger partial charge in [0, 0.05) is 18.1 Å². The molecular formula is C14H15BrN2O3S. The second kappa shape index (κ2) is 6.53. The molecule has 0 aromatic heterocycles. The Morgan fingerprint density at radius 2 is 2.24 bits per heavy atom. The molecule has 7 heteroatoms. The van der Waals surface area contributed by atoms with Crippen LogP contribution < -0.4 is 4.74 Å². The zero-order chi connectivity index (χ0) is 15.6. The van der Waals surface area contributed by atoms with E-state index in [0.717, 1.165) is 5.56 Å². The summed E-state index contributed by atoms with van der Waals surface area (Å²) >= 11 is 4.71. The number of hydrogen-bond acceptors (Lipinski definition) is 5. The number of phenols is 1. The number of carbonyl (C=O) groups is 1. The fourth-order valence-corrected chi connectivity index (χ4v) is 3.27. The van der Waals surface area contributed by atoms with Crippen molar-refractivity contribution in [1.82, 2.24) is 4.90 Å². The molecule has 1 amide bonds.